The van der Waals surface area contributed by atoms with Gasteiger partial charge >= 0.3 is 0 Å². The topological polar surface area (TPSA) is 20.2 Å². The standard InChI is InChI=1S/C14H19FO/c1-10-7-13(15)6-3-11(10)8-14(2,9-16)12-4-5-12/h3,6-7,12,16H,4-5,8-9H2,1-2H3. The van der Waals surface area contributed by atoms with Gasteiger partial charge in [0.05, 0.1) is 0 Å². The van der Waals surface area contributed by atoms with Gasteiger partial charge in [0.2, 0.25) is 0 Å². The summed E-state index contributed by atoms with van der Waals surface area (Å²) >= 11 is 0. The van der Waals surface area contributed by atoms with Crippen molar-refractivity contribution in [2.75, 3.05) is 6.61 Å². The Morgan fingerprint density at radius 2 is 2.12 bits per heavy atom. The summed E-state index contributed by atoms with van der Waals surface area (Å²) < 4.78 is 13.0. The second-order valence-electron chi connectivity index (χ2n) is 5.33. The fraction of sp³-hybridized carbons (Fsp3) is 0.571. The van der Waals surface area contributed by atoms with Crippen molar-refractivity contribution in [1.82, 2.24) is 0 Å². The second-order valence-corrected chi connectivity index (χ2v) is 5.33. The van der Waals surface area contributed by atoms with Crippen LogP contribution in [0.3, 0.4) is 0 Å². The number of benzene rings is 1. The van der Waals surface area contributed by atoms with E-state index in [-0.39, 0.29) is 17.8 Å². The normalized spacial score (nSPS) is 19.5. The summed E-state index contributed by atoms with van der Waals surface area (Å²) in [7, 11) is 0. The van der Waals surface area contributed by atoms with Gasteiger partial charge in [0.25, 0.3) is 0 Å². The molecule has 1 unspecified atom stereocenters. The average Bonchev–Trinajstić information content (AvgIpc) is 3.06. The lowest BCUT2D eigenvalue weighted by Gasteiger charge is -2.28. The SMILES string of the molecule is Cc1cc(F)ccc1CC(C)(CO)C1CC1. The van der Waals surface area contributed by atoms with E-state index in [1.54, 1.807) is 6.07 Å². The molecule has 0 spiro atoms. The highest BCUT2D eigenvalue weighted by molar-refractivity contribution is 5.28. The van der Waals surface area contributed by atoms with Gasteiger partial charge in [0.15, 0.2) is 0 Å². The first-order valence-corrected chi connectivity index (χ1v) is 5.91. The molecule has 0 heterocycles. The minimum Gasteiger partial charge on any atom is -0.396 e. The predicted octanol–water partition coefficient (Wildman–Crippen LogP) is 3.09. The van der Waals surface area contributed by atoms with Gasteiger partial charge in [-0.15, -0.1) is 0 Å². The molecule has 2 heteroatoms. The van der Waals surface area contributed by atoms with Gasteiger partial charge in [0, 0.05) is 6.61 Å². The molecule has 0 radical (unpaired) electrons. The zero-order valence-corrected chi connectivity index (χ0v) is 9.96. The Balaban J connectivity index is 2.18. The Morgan fingerprint density at radius 1 is 1.44 bits per heavy atom. The van der Waals surface area contributed by atoms with Crippen LogP contribution in [0.1, 0.15) is 30.9 Å². The van der Waals surface area contributed by atoms with E-state index in [0.29, 0.717) is 5.92 Å². The summed E-state index contributed by atoms with van der Waals surface area (Å²) in [6, 6.07) is 4.92. The minimum absolute atomic E-state index is 0.0252. The quantitative estimate of drug-likeness (QED) is 0.830. The number of rotatable bonds is 4. The smallest absolute Gasteiger partial charge is 0.123 e. The van der Waals surface area contributed by atoms with Gasteiger partial charge < -0.3 is 5.11 Å². The van der Waals surface area contributed by atoms with Gasteiger partial charge in [-0.3, -0.25) is 0 Å². The van der Waals surface area contributed by atoms with Crippen LogP contribution in [0.2, 0.25) is 0 Å². The van der Waals surface area contributed by atoms with E-state index >= 15 is 0 Å². The third kappa shape index (κ3) is 2.27. The molecular weight excluding hydrogens is 203 g/mol. The Kier molecular flexibility index (Phi) is 3.02. The first kappa shape index (κ1) is 11.6. The highest BCUT2D eigenvalue weighted by Crippen LogP contribution is 2.47. The molecule has 2 rings (SSSR count). The molecule has 1 fully saturated rings. The van der Waals surface area contributed by atoms with Gasteiger partial charge in [-0.1, -0.05) is 13.0 Å². The lowest BCUT2D eigenvalue weighted by Crippen LogP contribution is -2.27. The fourth-order valence-electron chi connectivity index (χ4n) is 2.40. The molecule has 0 amide bonds. The third-order valence-corrected chi connectivity index (χ3v) is 3.82. The summed E-state index contributed by atoms with van der Waals surface area (Å²) in [5, 5.41) is 9.53. The van der Waals surface area contributed by atoms with Crippen molar-refractivity contribution in [2.45, 2.75) is 33.1 Å². The maximum absolute atomic E-state index is 13.0. The van der Waals surface area contributed by atoms with Crippen molar-refractivity contribution in [1.29, 1.82) is 0 Å². The Hall–Kier alpha value is -0.890. The largest absolute Gasteiger partial charge is 0.396 e. The zero-order valence-electron chi connectivity index (χ0n) is 9.96. The van der Waals surface area contributed by atoms with Crippen molar-refractivity contribution in [3.05, 3.63) is 35.1 Å². The molecule has 0 saturated heterocycles. The molecule has 1 aromatic carbocycles. The van der Waals surface area contributed by atoms with Crippen molar-refractivity contribution in [3.63, 3.8) is 0 Å². The van der Waals surface area contributed by atoms with Crippen LogP contribution in [0.15, 0.2) is 18.2 Å². The summed E-state index contributed by atoms with van der Waals surface area (Å²) in [5.74, 6) is 0.459. The van der Waals surface area contributed by atoms with Crippen molar-refractivity contribution < 1.29 is 9.50 Å². The number of halogens is 1. The average molecular weight is 222 g/mol. The van der Waals surface area contributed by atoms with E-state index in [9.17, 15) is 9.50 Å². The molecule has 0 bridgehead atoms. The molecule has 88 valence electrons. The molecule has 1 nitrogen and oxygen atoms in total. The molecule has 1 aliphatic carbocycles. The van der Waals surface area contributed by atoms with E-state index in [4.69, 9.17) is 0 Å². The maximum Gasteiger partial charge on any atom is 0.123 e. The first-order chi connectivity index (χ1) is 7.55. The Morgan fingerprint density at radius 3 is 2.62 bits per heavy atom. The molecule has 1 aliphatic rings. The Bertz CT molecular complexity index is 384. The summed E-state index contributed by atoms with van der Waals surface area (Å²) in [4.78, 5) is 0. The Labute approximate surface area is 96.3 Å². The molecule has 16 heavy (non-hydrogen) atoms. The first-order valence-electron chi connectivity index (χ1n) is 5.91. The minimum atomic E-state index is -0.182. The van der Waals surface area contributed by atoms with E-state index in [1.165, 1.54) is 18.9 Å². The predicted molar refractivity (Wildman–Crippen MR) is 62.8 cm³/mol. The van der Waals surface area contributed by atoms with E-state index in [0.717, 1.165) is 17.5 Å². The van der Waals surface area contributed by atoms with Crippen LogP contribution in [0.5, 0.6) is 0 Å². The summed E-state index contributed by atoms with van der Waals surface area (Å²) in [6.07, 6.45) is 3.29. The van der Waals surface area contributed by atoms with Gasteiger partial charge in [-0.2, -0.15) is 0 Å². The van der Waals surface area contributed by atoms with E-state index in [2.05, 4.69) is 6.92 Å². The fourth-order valence-corrected chi connectivity index (χ4v) is 2.40. The van der Waals surface area contributed by atoms with Crippen LogP contribution in [0.25, 0.3) is 0 Å². The zero-order chi connectivity index (χ0) is 11.8. The number of aliphatic hydroxyl groups is 1. The highest BCUT2D eigenvalue weighted by atomic mass is 19.1. The van der Waals surface area contributed by atoms with Crippen LogP contribution < -0.4 is 0 Å². The molecule has 0 aromatic heterocycles. The molecular formula is C14H19FO. The van der Waals surface area contributed by atoms with Crippen LogP contribution in [0, 0.1) is 24.1 Å². The summed E-state index contributed by atoms with van der Waals surface area (Å²) in [5.41, 5.74) is 2.12. The monoisotopic (exact) mass is 222 g/mol. The van der Waals surface area contributed by atoms with Crippen molar-refractivity contribution in [3.8, 4) is 0 Å². The number of hydrogen-bond donors (Lipinski definition) is 1. The van der Waals surface area contributed by atoms with Crippen molar-refractivity contribution >= 4 is 0 Å². The van der Waals surface area contributed by atoms with Crippen molar-refractivity contribution in [2.24, 2.45) is 11.3 Å². The lowest BCUT2D eigenvalue weighted by atomic mass is 9.79. The van der Waals surface area contributed by atoms with Gasteiger partial charge in [0.1, 0.15) is 5.82 Å². The van der Waals surface area contributed by atoms with E-state index < -0.39 is 0 Å². The maximum atomic E-state index is 13.0. The second kappa shape index (κ2) is 4.17. The molecule has 0 aliphatic heterocycles. The highest BCUT2D eigenvalue weighted by Gasteiger charge is 2.41. The molecule has 1 N–H and O–H groups in total. The van der Waals surface area contributed by atoms with Gasteiger partial charge in [-0.05, 0) is 60.8 Å². The lowest BCUT2D eigenvalue weighted by molar-refractivity contribution is 0.119. The number of hydrogen-bond acceptors (Lipinski definition) is 1. The number of aliphatic hydroxyl groups excluding tert-OH is 1. The molecule has 1 aromatic rings. The third-order valence-electron chi connectivity index (χ3n) is 3.82. The van der Waals surface area contributed by atoms with Crippen LogP contribution in [-0.2, 0) is 6.42 Å². The molecule has 1 atom stereocenters. The summed E-state index contributed by atoms with van der Waals surface area (Å²) in [6.45, 7) is 4.28. The molecule has 1 saturated carbocycles. The van der Waals surface area contributed by atoms with Crippen LogP contribution >= 0.6 is 0 Å². The van der Waals surface area contributed by atoms with Gasteiger partial charge in [-0.25, -0.2) is 4.39 Å². The van der Waals surface area contributed by atoms with Crippen LogP contribution in [-0.4, -0.2) is 11.7 Å². The van der Waals surface area contributed by atoms with Crippen LogP contribution in [0.4, 0.5) is 4.39 Å². The van der Waals surface area contributed by atoms with E-state index in [1.807, 2.05) is 13.0 Å². The number of aryl methyl sites for hydroxylation is 1.